The van der Waals surface area contributed by atoms with E-state index in [0.717, 1.165) is 55.0 Å². The van der Waals surface area contributed by atoms with Crippen LogP contribution in [0, 0.1) is 6.92 Å². The molecular formula is C17H26N6O2. The molecule has 0 bridgehead atoms. The Morgan fingerprint density at radius 1 is 1.24 bits per heavy atom. The van der Waals surface area contributed by atoms with Gasteiger partial charge in [-0.1, -0.05) is 5.16 Å². The summed E-state index contributed by atoms with van der Waals surface area (Å²) in [6, 6.07) is 0.136. The van der Waals surface area contributed by atoms with E-state index in [4.69, 9.17) is 9.26 Å². The van der Waals surface area contributed by atoms with Gasteiger partial charge in [0, 0.05) is 39.1 Å². The van der Waals surface area contributed by atoms with Gasteiger partial charge in [0.1, 0.15) is 6.04 Å². The lowest BCUT2D eigenvalue weighted by Gasteiger charge is -2.37. The van der Waals surface area contributed by atoms with Crippen molar-refractivity contribution in [1.29, 1.82) is 0 Å². The first-order valence-corrected chi connectivity index (χ1v) is 8.89. The Hall–Kier alpha value is -1.93. The van der Waals surface area contributed by atoms with Gasteiger partial charge < -0.3 is 9.26 Å². The molecule has 2 fully saturated rings. The van der Waals surface area contributed by atoms with Gasteiger partial charge in [0.25, 0.3) is 0 Å². The van der Waals surface area contributed by atoms with Crippen LogP contribution in [0.4, 0.5) is 0 Å². The predicted octanol–water partition coefficient (Wildman–Crippen LogP) is 1.49. The lowest BCUT2D eigenvalue weighted by Crippen LogP contribution is -2.46. The third kappa shape index (κ3) is 3.16. The number of likely N-dealkylation sites (N-methyl/N-ethyl adjacent to an activating group) is 1. The highest BCUT2D eigenvalue weighted by atomic mass is 16.5. The molecule has 0 spiro atoms. The van der Waals surface area contributed by atoms with E-state index >= 15 is 0 Å². The monoisotopic (exact) mass is 346 g/mol. The number of aromatic nitrogens is 4. The first kappa shape index (κ1) is 16.5. The van der Waals surface area contributed by atoms with E-state index in [0.29, 0.717) is 5.92 Å². The predicted molar refractivity (Wildman–Crippen MR) is 91.4 cm³/mol. The molecule has 3 heterocycles. The van der Waals surface area contributed by atoms with Crippen LogP contribution < -0.4 is 4.74 Å². The summed E-state index contributed by atoms with van der Waals surface area (Å²) in [4.78, 5) is 9.37. The molecule has 2 aromatic rings. The number of nitrogens with zero attached hydrogens (tertiary/aromatic N) is 6. The quantitative estimate of drug-likeness (QED) is 0.812. The van der Waals surface area contributed by atoms with Gasteiger partial charge in [-0.2, -0.15) is 10.1 Å². The summed E-state index contributed by atoms with van der Waals surface area (Å²) >= 11 is 0. The number of piperazine rings is 1. The molecule has 1 aliphatic carbocycles. The molecular weight excluding hydrogens is 320 g/mol. The largest absolute Gasteiger partial charge is 0.481 e. The molecule has 0 amide bonds. The highest BCUT2D eigenvalue weighted by molar-refractivity contribution is 5.30. The second kappa shape index (κ2) is 6.42. The number of rotatable bonds is 5. The van der Waals surface area contributed by atoms with E-state index in [1.165, 1.54) is 12.8 Å². The Morgan fingerprint density at radius 2 is 2.04 bits per heavy atom. The molecule has 1 atom stereocenters. The van der Waals surface area contributed by atoms with Crippen molar-refractivity contribution in [3.8, 4) is 5.88 Å². The first-order chi connectivity index (χ1) is 12.1. The second-order valence-corrected chi connectivity index (χ2v) is 7.19. The molecule has 2 aromatic heterocycles. The van der Waals surface area contributed by atoms with Crippen molar-refractivity contribution in [3.05, 3.63) is 23.0 Å². The Morgan fingerprint density at radius 3 is 2.76 bits per heavy atom. The maximum absolute atomic E-state index is 5.58. The highest BCUT2D eigenvalue weighted by Crippen LogP contribution is 2.39. The number of hydrogen-bond acceptors (Lipinski definition) is 7. The average molecular weight is 346 g/mol. The molecule has 8 heteroatoms. The Balaban J connectivity index is 1.50. The summed E-state index contributed by atoms with van der Waals surface area (Å²) in [7, 11) is 5.74. The molecule has 25 heavy (non-hydrogen) atoms. The fraction of sp³-hybridized carbons (Fsp3) is 0.706. The number of aryl methyl sites for hydroxylation is 2. The Labute approximate surface area is 147 Å². The second-order valence-electron chi connectivity index (χ2n) is 7.19. The topological polar surface area (TPSA) is 72.5 Å². The number of hydrogen-bond donors (Lipinski definition) is 0. The van der Waals surface area contributed by atoms with Crippen LogP contribution in [0.2, 0.25) is 0 Å². The fourth-order valence-corrected chi connectivity index (χ4v) is 3.57. The molecule has 2 aliphatic rings. The van der Waals surface area contributed by atoms with Crippen molar-refractivity contribution in [1.82, 2.24) is 29.7 Å². The molecule has 0 unspecified atom stereocenters. The molecule has 0 N–H and O–H groups in total. The van der Waals surface area contributed by atoms with Gasteiger partial charge in [0.15, 0.2) is 5.82 Å². The van der Waals surface area contributed by atoms with E-state index in [1.54, 1.807) is 11.8 Å². The molecule has 1 saturated carbocycles. The maximum Gasteiger partial charge on any atom is 0.245 e. The fourth-order valence-electron chi connectivity index (χ4n) is 3.57. The van der Waals surface area contributed by atoms with Gasteiger partial charge in [-0.25, -0.2) is 4.68 Å². The highest BCUT2D eigenvalue weighted by Gasteiger charge is 2.34. The molecule has 4 rings (SSSR count). The van der Waals surface area contributed by atoms with Crippen LogP contribution in [-0.2, 0) is 13.6 Å². The lowest BCUT2D eigenvalue weighted by atomic mass is 10.1. The van der Waals surface area contributed by atoms with Crippen LogP contribution in [0.3, 0.4) is 0 Å². The van der Waals surface area contributed by atoms with Gasteiger partial charge >= 0.3 is 0 Å². The van der Waals surface area contributed by atoms with Crippen LogP contribution in [0.15, 0.2) is 4.52 Å². The van der Waals surface area contributed by atoms with Crippen LogP contribution in [0.1, 0.15) is 47.8 Å². The smallest absolute Gasteiger partial charge is 0.245 e. The zero-order valence-corrected chi connectivity index (χ0v) is 15.4. The van der Waals surface area contributed by atoms with Crippen LogP contribution >= 0.6 is 0 Å². The van der Waals surface area contributed by atoms with Crippen molar-refractivity contribution in [3.63, 3.8) is 0 Å². The molecule has 1 aliphatic heterocycles. The minimum atomic E-state index is 0.136. The number of methoxy groups -OCH3 is 1. The van der Waals surface area contributed by atoms with E-state index in [9.17, 15) is 0 Å². The van der Waals surface area contributed by atoms with Gasteiger partial charge in [-0.15, -0.1) is 0 Å². The van der Waals surface area contributed by atoms with Gasteiger partial charge in [0.05, 0.1) is 18.4 Å². The zero-order chi connectivity index (χ0) is 17.6. The summed E-state index contributed by atoms with van der Waals surface area (Å²) in [6.07, 6.45) is 2.37. The third-order valence-electron chi connectivity index (χ3n) is 5.28. The first-order valence-electron chi connectivity index (χ1n) is 8.89. The molecule has 1 saturated heterocycles. The van der Waals surface area contributed by atoms with E-state index < -0.39 is 0 Å². The minimum absolute atomic E-state index is 0.136. The van der Waals surface area contributed by atoms with Crippen LogP contribution in [0.25, 0.3) is 0 Å². The van der Waals surface area contributed by atoms with Crippen LogP contribution in [-0.4, -0.2) is 63.5 Å². The minimum Gasteiger partial charge on any atom is -0.481 e. The average Bonchev–Trinajstić information content (AvgIpc) is 3.26. The summed E-state index contributed by atoms with van der Waals surface area (Å²) in [5.41, 5.74) is 2.17. The standard InChI is InChI=1S/C17H26N6O2/c1-11-13(17(24-4)22(3)19-11)9-23-8-7-21(2)14(10-23)16-18-15(20-25-16)12-5-6-12/h12,14H,5-10H2,1-4H3/t14-/m0/s1. The van der Waals surface area contributed by atoms with Gasteiger partial charge in [-0.3, -0.25) is 9.80 Å². The lowest BCUT2D eigenvalue weighted by molar-refractivity contribution is 0.0708. The molecule has 0 radical (unpaired) electrons. The molecule has 0 aromatic carbocycles. The summed E-state index contributed by atoms with van der Waals surface area (Å²) in [6.45, 7) is 5.67. The van der Waals surface area contributed by atoms with E-state index in [1.807, 2.05) is 14.0 Å². The molecule has 8 nitrogen and oxygen atoms in total. The van der Waals surface area contributed by atoms with E-state index in [2.05, 4.69) is 32.1 Å². The number of ether oxygens (including phenoxy) is 1. The maximum atomic E-state index is 5.58. The normalized spacial score (nSPS) is 22.5. The third-order valence-corrected chi connectivity index (χ3v) is 5.28. The SMILES string of the molecule is COc1c(CN2CCN(C)[C@H](c3nc(C4CC4)no3)C2)c(C)nn1C. The Kier molecular flexibility index (Phi) is 4.24. The Bertz CT molecular complexity index is 750. The summed E-state index contributed by atoms with van der Waals surface area (Å²) in [5, 5.41) is 8.66. The zero-order valence-electron chi connectivity index (χ0n) is 15.4. The van der Waals surface area contributed by atoms with Gasteiger partial charge in [0.2, 0.25) is 11.8 Å². The summed E-state index contributed by atoms with van der Waals surface area (Å²) in [5.74, 6) is 2.97. The van der Waals surface area contributed by atoms with Crippen molar-refractivity contribution in [2.45, 2.75) is 38.3 Å². The summed E-state index contributed by atoms with van der Waals surface area (Å²) < 4.78 is 12.9. The van der Waals surface area contributed by atoms with Crippen LogP contribution in [0.5, 0.6) is 5.88 Å². The van der Waals surface area contributed by atoms with Gasteiger partial charge in [-0.05, 0) is 26.8 Å². The van der Waals surface area contributed by atoms with Crippen molar-refractivity contribution >= 4 is 0 Å². The van der Waals surface area contributed by atoms with E-state index in [-0.39, 0.29) is 6.04 Å². The van der Waals surface area contributed by atoms with Crippen molar-refractivity contribution < 1.29 is 9.26 Å². The van der Waals surface area contributed by atoms with Crippen molar-refractivity contribution in [2.75, 3.05) is 33.8 Å². The molecule has 136 valence electrons. The van der Waals surface area contributed by atoms with Crippen molar-refractivity contribution in [2.24, 2.45) is 7.05 Å².